The van der Waals surface area contributed by atoms with Gasteiger partial charge < -0.3 is 5.32 Å². The van der Waals surface area contributed by atoms with Crippen molar-refractivity contribution in [3.63, 3.8) is 0 Å². The quantitative estimate of drug-likeness (QED) is 0.623. The van der Waals surface area contributed by atoms with E-state index in [2.05, 4.69) is 32.5 Å². The highest BCUT2D eigenvalue weighted by Gasteiger charge is 2.07. The Kier molecular flexibility index (Phi) is 3.67. The van der Waals surface area contributed by atoms with E-state index in [1.165, 1.54) is 0 Å². The van der Waals surface area contributed by atoms with Gasteiger partial charge in [0.05, 0.1) is 16.9 Å². The van der Waals surface area contributed by atoms with E-state index in [0.29, 0.717) is 6.54 Å². The number of rotatable bonds is 4. The van der Waals surface area contributed by atoms with Crippen LogP contribution in [0.15, 0.2) is 67.1 Å². The van der Waals surface area contributed by atoms with Crippen LogP contribution in [0, 0.1) is 6.92 Å². The van der Waals surface area contributed by atoms with Gasteiger partial charge in [-0.2, -0.15) is 5.10 Å². The first-order chi connectivity index (χ1) is 11.8. The largest absolute Gasteiger partial charge is 0.365 e. The van der Waals surface area contributed by atoms with Crippen LogP contribution in [-0.4, -0.2) is 19.7 Å². The summed E-state index contributed by atoms with van der Waals surface area (Å²) < 4.78 is 1.91. The normalized spacial score (nSPS) is 10.9. The molecule has 1 N–H and O–H groups in total. The average Bonchev–Trinajstić information content (AvgIpc) is 3.06. The number of anilines is 1. The van der Waals surface area contributed by atoms with Gasteiger partial charge in [-0.05, 0) is 36.8 Å². The molecule has 0 amide bonds. The first-order valence-corrected chi connectivity index (χ1v) is 7.85. The molecule has 2 aromatic heterocycles. The molecule has 24 heavy (non-hydrogen) atoms. The van der Waals surface area contributed by atoms with E-state index >= 15 is 0 Å². The van der Waals surface area contributed by atoms with Crippen molar-refractivity contribution in [3.8, 4) is 5.69 Å². The van der Waals surface area contributed by atoms with Crippen LogP contribution in [0.25, 0.3) is 16.6 Å². The standard InChI is InChI=1S/C19H17N5/c1-14-10-11-24(23-14)18-9-5-2-6-15(18)12-20-19-16-7-3-4-8-17(16)21-13-22-19/h2-11,13H,12H2,1H3,(H,20,21,22). The number of fused-ring (bicyclic) bond motifs is 1. The molecule has 0 saturated heterocycles. The Balaban J connectivity index is 1.65. The minimum absolute atomic E-state index is 0.663. The van der Waals surface area contributed by atoms with Gasteiger partial charge in [0.2, 0.25) is 0 Å². The fourth-order valence-corrected chi connectivity index (χ4v) is 2.76. The lowest BCUT2D eigenvalue weighted by Crippen LogP contribution is -2.07. The highest BCUT2D eigenvalue weighted by Crippen LogP contribution is 2.20. The van der Waals surface area contributed by atoms with Crippen LogP contribution in [-0.2, 0) is 6.54 Å². The zero-order valence-electron chi connectivity index (χ0n) is 13.3. The van der Waals surface area contributed by atoms with Crippen LogP contribution < -0.4 is 5.32 Å². The molecule has 5 heteroatoms. The van der Waals surface area contributed by atoms with Crippen LogP contribution in [0.4, 0.5) is 5.82 Å². The molecule has 2 aromatic carbocycles. The molecule has 4 aromatic rings. The predicted octanol–water partition coefficient (Wildman–Crippen LogP) is 3.74. The maximum atomic E-state index is 4.51. The third-order valence-electron chi connectivity index (χ3n) is 3.95. The number of hydrogen-bond acceptors (Lipinski definition) is 4. The van der Waals surface area contributed by atoms with Crippen molar-refractivity contribution in [2.75, 3.05) is 5.32 Å². The van der Waals surface area contributed by atoms with Gasteiger partial charge in [-0.25, -0.2) is 14.6 Å². The highest BCUT2D eigenvalue weighted by atomic mass is 15.3. The van der Waals surface area contributed by atoms with Gasteiger partial charge >= 0.3 is 0 Å². The van der Waals surface area contributed by atoms with Crippen LogP contribution in [0.5, 0.6) is 0 Å². The topological polar surface area (TPSA) is 55.6 Å². The van der Waals surface area contributed by atoms with E-state index in [4.69, 9.17) is 0 Å². The Morgan fingerprint density at radius 1 is 0.958 bits per heavy atom. The third-order valence-corrected chi connectivity index (χ3v) is 3.95. The second-order valence-electron chi connectivity index (χ2n) is 5.62. The van der Waals surface area contributed by atoms with Gasteiger partial charge in [-0.3, -0.25) is 0 Å². The third kappa shape index (κ3) is 2.72. The van der Waals surface area contributed by atoms with Gasteiger partial charge in [-0.1, -0.05) is 30.3 Å². The summed E-state index contributed by atoms with van der Waals surface area (Å²) in [6.07, 6.45) is 3.57. The molecule has 2 heterocycles. The van der Waals surface area contributed by atoms with Gasteiger partial charge in [-0.15, -0.1) is 0 Å². The maximum Gasteiger partial charge on any atom is 0.137 e. The van der Waals surface area contributed by atoms with E-state index in [1.54, 1.807) is 6.33 Å². The Bertz CT molecular complexity index is 984. The number of aromatic nitrogens is 4. The average molecular weight is 315 g/mol. The van der Waals surface area contributed by atoms with Crippen LogP contribution in [0.2, 0.25) is 0 Å². The molecule has 0 aliphatic heterocycles. The molecule has 0 bridgehead atoms. The molecule has 0 unspecified atom stereocenters. The minimum Gasteiger partial charge on any atom is -0.365 e. The molecule has 118 valence electrons. The number of para-hydroxylation sites is 2. The van der Waals surface area contributed by atoms with Crippen molar-refractivity contribution in [3.05, 3.63) is 78.4 Å². The Labute approximate surface area is 140 Å². The summed E-state index contributed by atoms with van der Waals surface area (Å²) >= 11 is 0. The smallest absolute Gasteiger partial charge is 0.137 e. The molecule has 0 aliphatic rings. The summed E-state index contributed by atoms with van der Waals surface area (Å²) in [5.74, 6) is 0.840. The highest BCUT2D eigenvalue weighted by molar-refractivity contribution is 5.88. The van der Waals surface area contributed by atoms with E-state index in [-0.39, 0.29) is 0 Å². The van der Waals surface area contributed by atoms with Gasteiger partial charge in [0.15, 0.2) is 0 Å². The van der Waals surface area contributed by atoms with Crippen molar-refractivity contribution in [1.29, 1.82) is 0 Å². The molecule has 0 spiro atoms. The van der Waals surface area contributed by atoms with E-state index < -0.39 is 0 Å². The lowest BCUT2D eigenvalue weighted by Gasteiger charge is -2.12. The maximum absolute atomic E-state index is 4.51. The van der Waals surface area contributed by atoms with Crippen LogP contribution in [0.3, 0.4) is 0 Å². The fourth-order valence-electron chi connectivity index (χ4n) is 2.76. The summed E-state index contributed by atoms with van der Waals surface area (Å²) in [6, 6.07) is 18.2. The molecule has 4 rings (SSSR count). The molecular formula is C19H17N5. The zero-order valence-corrected chi connectivity index (χ0v) is 13.3. The fraction of sp³-hybridized carbons (Fsp3) is 0.105. The summed E-state index contributed by atoms with van der Waals surface area (Å²) in [6.45, 7) is 2.65. The zero-order chi connectivity index (χ0) is 16.4. The first kappa shape index (κ1) is 14.4. The number of hydrogen-bond donors (Lipinski definition) is 1. The van der Waals surface area contributed by atoms with E-state index in [0.717, 1.165) is 33.7 Å². The SMILES string of the molecule is Cc1ccn(-c2ccccc2CNc2ncnc3ccccc23)n1. The number of nitrogens with zero attached hydrogens (tertiary/aromatic N) is 4. The molecule has 5 nitrogen and oxygen atoms in total. The number of aryl methyl sites for hydroxylation is 1. The molecular weight excluding hydrogens is 298 g/mol. The lowest BCUT2D eigenvalue weighted by atomic mass is 10.1. The lowest BCUT2D eigenvalue weighted by molar-refractivity contribution is 0.848. The second-order valence-corrected chi connectivity index (χ2v) is 5.62. The second kappa shape index (κ2) is 6.12. The van der Waals surface area contributed by atoms with Crippen molar-refractivity contribution >= 4 is 16.7 Å². The molecule has 0 radical (unpaired) electrons. The summed E-state index contributed by atoms with van der Waals surface area (Å²) in [5, 5.41) is 8.96. The Morgan fingerprint density at radius 3 is 2.67 bits per heavy atom. The van der Waals surface area contributed by atoms with Crippen molar-refractivity contribution in [2.45, 2.75) is 13.5 Å². The predicted molar refractivity (Wildman–Crippen MR) is 95.2 cm³/mol. The Morgan fingerprint density at radius 2 is 1.79 bits per heavy atom. The summed E-state index contributed by atoms with van der Waals surface area (Å²) in [4.78, 5) is 8.68. The van der Waals surface area contributed by atoms with Crippen molar-refractivity contribution < 1.29 is 0 Å². The van der Waals surface area contributed by atoms with Crippen LogP contribution >= 0.6 is 0 Å². The molecule has 0 saturated carbocycles. The first-order valence-electron chi connectivity index (χ1n) is 7.85. The summed E-state index contributed by atoms with van der Waals surface area (Å²) in [7, 11) is 0. The van der Waals surface area contributed by atoms with E-state index in [1.807, 2.05) is 60.3 Å². The molecule has 0 atom stereocenters. The Hall–Kier alpha value is -3.21. The van der Waals surface area contributed by atoms with Crippen LogP contribution in [0.1, 0.15) is 11.3 Å². The van der Waals surface area contributed by atoms with Gasteiger partial charge in [0.25, 0.3) is 0 Å². The van der Waals surface area contributed by atoms with E-state index in [9.17, 15) is 0 Å². The summed E-state index contributed by atoms with van der Waals surface area (Å²) in [5.41, 5.74) is 4.16. The minimum atomic E-state index is 0.663. The van der Waals surface area contributed by atoms with Crippen molar-refractivity contribution in [2.24, 2.45) is 0 Å². The van der Waals surface area contributed by atoms with Gasteiger partial charge in [0.1, 0.15) is 12.1 Å². The number of benzene rings is 2. The monoisotopic (exact) mass is 315 g/mol. The molecule has 0 fully saturated rings. The van der Waals surface area contributed by atoms with Crippen molar-refractivity contribution in [1.82, 2.24) is 19.7 Å². The molecule has 0 aliphatic carbocycles. The number of nitrogens with one attached hydrogen (secondary N) is 1. The van der Waals surface area contributed by atoms with Gasteiger partial charge in [0, 0.05) is 18.1 Å².